The molecule has 0 fully saturated rings. The quantitative estimate of drug-likeness (QED) is 0.866. The first-order valence-corrected chi connectivity index (χ1v) is 6.26. The number of halogens is 1. The van der Waals surface area contributed by atoms with E-state index in [1.165, 1.54) is 6.07 Å². The molecule has 2 nitrogen and oxygen atoms in total. The summed E-state index contributed by atoms with van der Waals surface area (Å²) in [5.74, 6) is 0.136. The number of hydrogen-bond acceptors (Lipinski definition) is 2. The van der Waals surface area contributed by atoms with E-state index >= 15 is 0 Å². The van der Waals surface area contributed by atoms with Crippen LogP contribution >= 0.6 is 0 Å². The molecule has 0 atom stereocenters. The van der Waals surface area contributed by atoms with Gasteiger partial charge in [0.15, 0.2) is 0 Å². The van der Waals surface area contributed by atoms with Crippen molar-refractivity contribution in [2.45, 2.75) is 34.2 Å². The van der Waals surface area contributed by atoms with Gasteiger partial charge in [0, 0.05) is 13.1 Å². The summed E-state index contributed by atoms with van der Waals surface area (Å²) in [4.78, 5) is 0. The van der Waals surface area contributed by atoms with Crippen LogP contribution in [0.1, 0.15) is 38.8 Å². The van der Waals surface area contributed by atoms with Crippen LogP contribution in [0.3, 0.4) is 0 Å². The lowest BCUT2D eigenvalue weighted by atomic mass is 9.81. The van der Waals surface area contributed by atoms with Gasteiger partial charge < -0.3 is 5.32 Å². The first-order chi connectivity index (χ1) is 8.36. The maximum absolute atomic E-state index is 13.1. The van der Waals surface area contributed by atoms with E-state index in [0.717, 1.165) is 12.1 Å². The minimum atomic E-state index is -0.455. The lowest BCUT2D eigenvalue weighted by Gasteiger charge is -2.29. The molecular weight excluding hydrogens is 227 g/mol. The van der Waals surface area contributed by atoms with Gasteiger partial charge in [-0.15, -0.1) is 0 Å². The molecule has 0 saturated heterocycles. The summed E-state index contributed by atoms with van der Waals surface area (Å²) in [6.07, 6.45) is 0. The van der Waals surface area contributed by atoms with Gasteiger partial charge in [0.1, 0.15) is 11.9 Å². The smallest absolute Gasteiger partial charge is 0.140 e. The third-order valence-corrected chi connectivity index (χ3v) is 3.62. The Balaban J connectivity index is 2.58. The van der Waals surface area contributed by atoms with Gasteiger partial charge in [0.05, 0.1) is 5.56 Å². The van der Waals surface area contributed by atoms with Crippen LogP contribution in [0.5, 0.6) is 0 Å². The second-order valence-electron chi connectivity index (χ2n) is 5.67. The van der Waals surface area contributed by atoms with Crippen LogP contribution in [-0.2, 0) is 6.54 Å². The van der Waals surface area contributed by atoms with E-state index in [4.69, 9.17) is 5.26 Å². The molecule has 3 heteroatoms. The summed E-state index contributed by atoms with van der Waals surface area (Å²) in [6, 6.07) is 6.52. The van der Waals surface area contributed by atoms with Gasteiger partial charge in [-0.25, -0.2) is 4.39 Å². The molecule has 0 aliphatic rings. The SMILES string of the molecule is CC(C)C(C)(C)CNCc1ccc(F)c(C#N)c1. The number of nitrogens with zero attached hydrogens (tertiary/aromatic N) is 1. The number of rotatable bonds is 5. The number of benzene rings is 1. The summed E-state index contributed by atoms with van der Waals surface area (Å²) >= 11 is 0. The van der Waals surface area contributed by atoms with E-state index in [9.17, 15) is 4.39 Å². The molecule has 0 aliphatic carbocycles. The second-order valence-corrected chi connectivity index (χ2v) is 5.67. The third-order valence-electron chi connectivity index (χ3n) is 3.62. The van der Waals surface area contributed by atoms with Crippen molar-refractivity contribution in [2.24, 2.45) is 11.3 Å². The molecule has 0 aromatic heterocycles. The van der Waals surface area contributed by atoms with E-state index in [1.807, 2.05) is 6.07 Å². The molecule has 1 aromatic rings. The van der Waals surface area contributed by atoms with Gasteiger partial charge in [-0.1, -0.05) is 33.8 Å². The van der Waals surface area contributed by atoms with E-state index < -0.39 is 5.82 Å². The highest BCUT2D eigenvalue weighted by molar-refractivity contribution is 5.34. The van der Waals surface area contributed by atoms with Crippen molar-refractivity contribution in [3.8, 4) is 6.07 Å². The van der Waals surface area contributed by atoms with Crippen molar-refractivity contribution in [3.63, 3.8) is 0 Å². The second kappa shape index (κ2) is 5.97. The molecule has 0 bridgehead atoms. The van der Waals surface area contributed by atoms with Crippen LogP contribution in [0.25, 0.3) is 0 Å². The molecule has 1 rings (SSSR count). The fourth-order valence-corrected chi connectivity index (χ4v) is 1.50. The molecule has 0 aliphatic heterocycles. The molecule has 0 radical (unpaired) electrons. The Bertz CT molecular complexity index is 444. The number of nitrogens with one attached hydrogen (secondary N) is 1. The highest BCUT2D eigenvalue weighted by Crippen LogP contribution is 2.24. The normalized spacial score (nSPS) is 11.6. The minimum Gasteiger partial charge on any atom is -0.312 e. The first kappa shape index (κ1) is 14.7. The molecule has 0 saturated carbocycles. The fraction of sp³-hybridized carbons (Fsp3) is 0.533. The summed E-state index contributed by atoms with van der Waals surface area (Å²) < 4.78 is 13.1. The first-order valence-electron chi connectivity index (χ1n) is 6.26. The lowest BCUT2D eigenvalue weighted by molar-refractivity contribution is 0.238. The van der Waals surface area contributed by atoms with Gasteiger partial charge in [-0.05, 0) is 29.0 Å². The number of nitriles is 1. The van der Waals surface area contributed by atoms with Gasteiger partial charge in [-0.2, -0.15) is 5.26 Å². The molecular formula is C15H21FN2. The van der Waals surface area contributed by atoms with Crippen LogP contribution in [0.15, 0.2) is 18.2 Å². The van der Waals surface area contributed by atoms with E-state index in [1.54, 1.807) is 12.1 Å². The minimum absolute atomic E-state index is 0.109. The van der Waals surface area contributed by atoms with Gasteiger partial charge in [-0.3, -0.25) is 0 Å². The highest BCUT2D eigenvalue weighted by atomic mass is 19.1. The van der Waals surface area contributed by atoms with Gasteiger partial charge in [0.25, 0.3) is 0 Å². The third kappa shape index (κ3) is 3.82. The Morgan fingerprint density at radius 1 is 1.39 bits per heavy atom. The average molecular weight is 248 g/mol. The van der Waals surface area contributed by atoms with Crippen LogP contribution in [0, 0.1) is 28.5 Å². The zero-order valence-corrected chi connectivity index (χ0v) is 11.5. The van der Waals surface area contributed by atoms with Crippen molar-refractivity contribution < 1.29 is 4.39 Å². The van der Waals surface area contributed by atoms with Crippen LogP contribution in [0.2, 0.25) is 0 Å². The fourth-order valence-electron chi connectivity index (χ4n) is 1.50. The zero-order chi connectivity index (χ0) is 13.8. The van der Waals surface area contributed by atoms with E-state index in [2.05, 4.69) is 33.0 Å². The van der Waals surface area contributed by atoms with Gasteiger partial charge in [0.2, 0.25) is 0 Å². The molecule has 18 heavy (non-hydrogen) atoms. The van der Waals surface area contributed by atoms with Crippen molar-refractivity contribution in [1.82, 2.24) is 5.32 Å². The summed E-state index contributed by atoms with van der Waals surface area (Å²) in [5, 5.41) is 12.1. The van der Waals surface area contributed by atoms with Crippen molar-refractivity contribution in [1.29, 1.82) is 5.26 Å². The number of hydrogen-bond donors (Lipinski definition) is 1. The van der Waals surface area contributed by atoms with Crippen LogP contribution in [-0.4, -0.2) is 6.54 Å². The Kier molecular flexibility index (Phi) is 4.86. The largest absolute Gasteiger partial charge is 0.312 e. The van der Waals surface area contributed by atoms with E-state index in [0.29, 0.717) is 12.5 Å². The Hall–Kier alpha value is -1.40. The summed E-state index contributed by atoms with van der Waals surface area (Å²) in [6.45, 7) is 10.4. The molecule has 0 amide bonds. The monoisotopic (exact) mass is 248 g/mol. The van der Waals surface area contributed by atoms with Crippen molar-refractivity contribution >= 4 is 0 Å². The van der Waals surface area contributed by atoms with Crippen LogP contribution < -0.4 is 5.32 Å². The molecule has 0 spiro atoms. The Morgan fingerprint density at radius 2 is 2.06 bits per heavy atom. The maximum Gasteiger partial charge on any atom is 0.140 e. The predicted octanol–water partition coefficient (Wildman–Crippen LogP) is 3.47. The molecule has 1 aromatic carbocycles. The maximum atomic E-state index is 13.1. The van der Waals surface area contributed by atoms with Crippen LogP contribution in [0.4, 0.5) is 4.39 Å². The summed E-state index contributed by atoms with van der Waals surface area (Å²) in [7, 11) is 0. The average Bonchev–Trinajstić information content (AvgIpc) is 2.31. The molecule has 1 N–H and O–H groups in total. The molecule has 98 valence electrons. The Morgan fingerprint density at radius 3 is 2.61 bits per heavy atom. The van der Waals surface area contributed by atoms with Crippen molar-refractivity contribution in [3.05, 3.63) is 35.1 Å². The lowest BCUT2D eigenvalue weighted by Crippen LogP contribution is -2.33. The van der Waals surface area contributed by atoms with E-state index in [-0.39, 0.29) is 11.0 Å². The summed E-state index contributed by atoms with van der Waals surface area (Å²) in [5.41, 5.74) is 1.27. The Labute approximate surface area is 109 Å². The van der Waals surface area contributed by atoms with Gasteiger partial charge >= 0.3 is 0 Å². The standard InChI is InChI=1S/C15H21FN2/c1-11(2)15(3,4)10-18-9-12-5-6-14(16)13(7-12)8-17/h5-7,11,18H,9-10H2,1-4H3. The zero-order valence-electron chi connectivity index (χ0n) is 11.5. The van der Waals surface area contributed by atoms with Crippen molar-refractivity contribution in [2.75, 3.05) is 6.54 Å². The topological polar surface area (TPSA) is 35.8 Å². The molecule has 0 unspecified atom stereocenters. The predicted molar refractivity (Wildman–Crippen MR) is 71.4 cm³/mol. The molecule has 0 heterocycles. The highest BCUT2D eigenvalue weighted by Gasteiger charge is 2.21.